The first-order valence-electron chi connectivity index (χ1n) is 8.05. The molecule has 1 amide bonds. The lowest BCUT2D eigenvalue weighted by Gasteiger charge is -2.41. The van der Waals surface area contributed by atoms with E-state index in [0.29, 0.717) is 24.3 Å². The van der Waals surface area contributed by atoms with Crippen LogP contribution in [0.1, 0.15) is 46.0 Å². The zero-order chi connectivity index (χ0) is 14.7. The molecule has 0 radical (unpaired) electrons. The molecule has 0 N–H and O–H groups in total. The summed E-state index contributed by atoms with van der Waals surface area (Å²) in [5.74, 6) is 1.70. The summed E-state index contributed by atoms with van der Waals surface area (Å²) < 4.78 is 5.99. The van der Waals surface area contributed by atoms with E-state index in [1.165, 1.54) is 25.7 Å². The minimum atomic E-state index is -0.318. The number of rotatable bonds is 2. The van der Waals surface area contributed by atoms with Crippen LogP contribution in [0.5, 0.6) is 5.75 Å². The summed E-state index contributed by atoms with van der Waals surface area (Å²) in [6, 6.07) is 7.89. The van der Waals surface area contributed by atoms with Crippen LogP contribution in [-0.2, 0) is 4.79 Å². The van der Waals surface area contributed by atoms with Gasteiger partial charge in [-0.3, -0.25) is 4.79 Å². The third kappa shape index (κ3) is 2.33. The highest BCUT2D eigenvalue weighted by molar-refractivity contribution is 5.95. The molecule has 1 aromatic carbocycles. The molecule has 0 unspecified atom stereocenters. The minimum absolute atomic E-state index is 0.263. The van der Waals surface area contributed by atoms with Gasteiger partial charge < -0.3 is 9.64 Å². The van der Waals surface area contributed by atoms with Gasteiger partial charge in [-0.05, 0) is 63.0 Å². The van der Waals surface area contributed by atoms with Gasteiger partial charge in [-0.15, -0.1) is 0 Å². The second-order valence-electron chi connectivity index (χ2n) is 7.79. The van der Waals surface area contributed by atoms with Gasteiger partial charge in [0.2, 0.25) is 5.91 Å². The van der Waals surface area contributed by atoms with Crippen LogP contribution in [0.2, 0.25) is 0 Å². The largest absolute Gasteiger partial charge is 0.484 e. The fourth-order valence-electron chi connectivity index (χ4n) is 4.04. The molecule has 2 aliphatic carbocycles. The molecule has 0 atom stereocenters. The molecule has 2 saturated carbocycles. The zero-order valence-electron chi connectivity index (χ0n) is 12.9. The van der Waals surface area contributed by atoms with Crippen LogP contribution < -0.4 is 9.64 Å². The Morgan fingerprint density at radius 1 is 1.29 bits per heavy atom. The molecule has 0 aromatic heterocycles. The number of para-hydroxylation sites is 2. The van der Waals surface area contributed by atoms with Crippen molar-refractivity contribution >= 4 is 11.6 Å². The van der Waals surface area contributed by atoms with Crippen molar-refractivity contribution in [3.05, 3.63) is 24.3 Å². The first-order chi connectivity index (χ1) is 9.96. The van der Waals surface area contributed by atoms with E-state index in [1.54, 1.807) is 0 Å². The van der Waals surface area contributed by atoms with Gasteiger partial charge in [0.15, 0.2) is 0 Å². The number of hydrogen-bond donors (Lipinski definition) is 0. The maximum atomic E-state index is 12.8. The summed E-state index contributed by atoms with van der Waals surface area (Å²) in [6.45, 7) is 4.73. The molecule has 1 heterocycles. The first kappa shape index (κ1) is 13.2. The van der Waals surface area contributed by atoms with Gasteiger partial charge in [0.05, 0.1) is 12.2 Å². The van der Waals surface area contributed by atoms with Gasteiger partial charge >= 0.3 is 0 Å². The smallest absolute Gasteiger partial charge is 0.227 e. The highest BCUT2D eigenvalue weighted by atomic mass is 16.5. The van der Waals surface area contributed by atoms with Crippen LogP contribution in [0.4, 0.5) is 5.69 Å². The third-order valence-corrected chi connectivity index (χ3v) is 5.25. The number of benzene rings is 1. The topological polar surface area (TPSA) is 29.5 Å². The van der Waals surface area contributed by atoms with Crippen LogP contribution in [-0.4, -0.2) is 18.1 Å². The summed E-state index contributed by atoms with van der Waals surface area (Å²) in [6.07, 6.45) is 6.03. The van der Waals surface area contributed by atoms with Crippen molar-refractivity contribution in [2.24, 2.45) is 11.3 Å². The van der Waals surface area contributed by atoms with Crippen molar-refractivity contribution in [2.75, 3.05) is 11.4 Å². The Morgan fingerprint density at radius 3 is 2.71 bits per heavy atom. The summed E-state index contributed by atoms with van der Waals surface area (Å²) in [5.41, 5.74) is 1.29. The molecule has 3 aliphatic rings. The quantitative estimate of drug-likeness (QED) is 0.827. The van der Waals surface area contributed by atoms with Crippen LogP contribution in [0, 0.1) is 11.3 Å². The third-order valence-electron chi connectivity index (χ3n) is 5.25. The summed E-state index contributed by atoms with van der Waals surface area (Å²) >= 11 is 0. The predicted octanol–water partition coefficient (Wildman–Crippen LogP) is 3.77. The number of amides is 1. The van der Waals surface area contributed by atoms with Crippen LogP contribution in [0.3, 0.4) is 0 Å². The fraction of sp³-hybridized carbons (Fsp3) is 0.611. The molecule has 0 bridgehead atoms. The molecule has 112 valence electrons. The van der Waals surface area contributed by atoms with Crippen molar-refractivity contribution in [2.45, 2.75) is 51.6 Å². The maximum absolute atomic E-state index is 12.8. The molecule has 3 nitrogen and oxygen atoms in total. The van der Waals surface area contributed by atoms with E-state index in [2.05, 4.69) is 0 Å². The van der Waals surface area contributed by atoms with E-state index in [-0.39, 0.29) is 11.5 Å². The van der Waals surface area contributed by atoms with Gasteiger partial charge in [0.25, 0.3) is 0 Å². The van der Waals surface area contributed by atoms with Crippen molar-refractivity contribution in [3.8, 4) is 5.75 Å². The van der Waals surface area contributed by atoms with Crippen LogP contribution in [0.15, 0.2) is 24.3 Å². The lowest BCUT2D eigenvalue weighted by molar-refractivity contribution is -0.121. The first-order valence-corrected chi connectivity index (χ1v) is 8.05. The van der Waals surface area contributed by atoms with Crippen molar-refractivity contribution in [1.82, 2.24) is 0 Å². The van der Waals surface area contributed by atoms with Crippen LogP contribution in [0.25, 0.3) is 0 Å². The molecule has 2 fully saturated rings. The zero-order valence-corrected chi connectivity index (χ0v) is 12.9. The highest BCUT2D eigenvalue weighted by Gasteiger charge is 2.53. The molecule has 1 spiro atoms. The highest BCUT2D eigenvalue weighted by Crippen LogP contribution is 2.64. The Balaban J connectivity index is 1.51. The number of fused-ring (bicyclic) bond motifs is 1. The van der Waals surface area contributed by atoms with E-state index < -0.39 is 0 Å². The second kappa shape index (κ2) is 4.25. The molecular weight excluding hydrogens is 262 g/mol. The predicted molar refractivity (Wildman–Crippen MR) is 82.5 cm³/mol. The molecule has 0 saturated heterocycles. The summed E-state index contributed by atoms with van der Waals surface area (Å²) in [7, 11) is 0. The molecule has 1 aromatic rings. The lowest BCUT2D eigenvalue weighted by Crippen LogP contribution is -2.50. The van der Waals surface area contributed by atoms with E-state index in [0.717, 1.165) is 11.4 Å². The molecule has 1 aliphatic heterocycles. The summed E-state index contributed by atoms with van der Waals surface area (Å²) in [4.78, 5) is 14.7. The lowest BCUT2D eigenvalue weighted by atomic mass is 9.70. The van der Waals surface area contributed by atoms with E-state index in [4.69, 9.17) is 4.74 Å². The Labute approximate surface area is 126 Å². The van der Waals surface area contributed by atoms with Gasteiger partial charge in [-0.1, -0.05) is 12.1 Å². The minimum Gasteiger partial charge on any atom is -0.484 e. The SMILES string of the molecule is CC1(C)CN(C(=O)CC2CC3(CC3)C2)c2ccccc2O1. The van der Waals surface area contributed by atoms with E-state index in [9.17, 15) is 4.79 Å². The maximum Gasteiger partial charge on any atom is 0.227 e. The van der Waals surface area contributed by atoms with Gasteiger partial charge in [-0.25, -0.2) is 0 Å². The summed E-state index contributed by atoms with van der Waals surface area (Å²) in [5, 5.41) is 0. The Bertz CT molecular complexity index is 581. The number of hydrogen-bond acceptors (Lipinski definition) is 2. The monoisotopic (exact) mass is 285 g/mol. The van der Waals surface area contributed by atoms with Gasteiger partial charge in [-0.2, -0.15) is 0 Å². The average molecular weight is 285 g/mol. The number of ether oxygens (including phenoxy) is 1. The normalized spacial score (nSPS) is 25.0. The van der Waals surface area contributed by atoms with Crippen molar-refractivity contribution < 1.29 is 9.53 Å². The van der Waals surface area contributed by atoms with Gasteiger partial charge in [0, 0.05) is 6.42 Å². The number of carbonyl (C=O) groups is 1. The number of carbonyl (C=O) groups excluding carboxylic acids is 1. The standard InChI is InChI=1S/C18H23NO2/c1-17(2)12-19(14-5-3-4-6-15(14)21-17)16(20)9-13-10-18(11-13)7-8-18/h3-6,13H,7-12H2,1-2H3. The van der Waals surface area contributed by atoms with E-state index in [1.807, 2.05) is 43.0 Å². The number of nitrogens with zero attached hydrogens (tertiary/aromatic N) is 1. The van der Waals surface area contributed by atoms with Crippen LogP contribution >= 0.6 is 0 Å². The molecule has 3 heteroatoms. The second-order valence-corrected chi connectivity index (χ2v) is 7.79. The Morgan fingerprint density at radius 2 is 2.00 bits per heavy atom. The Kier molecular flexibility index (Phi) is 2.66. The Hall–Kier alpha value is -1.51. The molecular formula is C18H23NO2. The van der Waals surface area contributed by atoms with Crippen molar-refractivity contribution in [3.63, 3.8) is 0 Å². The molecule has 21 heavy (non-hydrogen) atoms. The molecule has 4 rings (SSSR count). The van der Waals surface area contributed by atoms with Crippen molar-refractivity contribution in [1.29, 1.82) is 0 Å². The fourth-order valence-corrected chi connectivity index (χ4v) is 4.04. The average Bonchev–Trinajstić information content (AvgIpc) is 3.16. The van der Waals surface area contributed by atoms with Gasteiger partial charge in [0.1, 0.15) is 11.4 Å². The van der Waals surface area contributed by atoms with E-state index >= 15 is 0 Å². The number of anilines is 1.